The highest BCUT2D eigenvalue weighted by Crippen LogP contribution is 2.09. The van der Waals surface area contributed by atoms with Gasteiger partial charge in [-0.3, -0.25) is 9.69 Å². The van der Waals surface area contributed by atoms with Crippen molar-refractivity contribution in [3.8, 4) is 0 Å². The van der Waals surface area contributed by atoms with Gasteiger partial charge in [-0.2, -0.15) is 0 Å². The fraction of sp³-hybridized carbons (Fsp3) is 0.455. The standard InChI is InChI=1S/C11H16N2O4/c1-12(2)10(14)7-13(3)6-8-4-5-9(17-8)11(15)16/h4-5H,6-7H2,1-3H3,(H,15,16). The van der Waals surface area contributed by atoms with Gasteiger partial charge in [-0.25, -0.2) is 4.79 Å². The van der Waals surface area contributed by atoms with Gasteiger partial charge < -0.3 is 14.4 Å². The Hall–Kier alpha value is -1.82. The summed E-state index contributed by atoms with van der Waals surface area (Å²) in [6, 6.07) is 3.00. The van der Waals surface area contributed by atoms with E-state index < -0.39 is 5.97 Å². The van der Waals surface area contributed by atoms with Crippen LogP contribution in [0.25, 0.3) is 0 Å². The zero-order valence-electron chi connectivity index (χ0n) is 10.1. The molecular weight excluding hydrogens is 224 g/mol. The zero-order chi connectivity index (χ0) is 13.0. The summed E-state index contributed by atoms with van der Waals surface area (Å²) in [5.41, 5.74) is 0. The lowest BCUT2D eigenvalue weighted by Gasteiger charge is -2.17. The lowest BCUT2D eigenvalue weighted by atomic mass is 10.4. The fourth-order valence-electron chi connectivity index (χ4n) is 1.27. The van der Waals surface area contributed by atoms with Gasteiger partial charge in [0.25, 0.3) is 0 Å². The van der Waals surface area contributed by atoms with Gasteiger partial charge in [0.15, 0.2) is 0 Å². The lowest BCUT2D eigenvalue weighted by molar-refractivity contribution is -0.129. The second-order valence-electron chi connectivity index (χ2n) is 4.03. The Balaban J connectivity index is 2.53. The van der Waals surface area contributed by atoms with Crippen molar-refractivity contribution in [1.29, 1.82) is 0 Å². The maximum Gasteiger partial charge on any atom is 0.371 e. The Kier molecular flexibility index (Phi) is 4.28. The Morgan fingerprint density at radius 2 is 1.94 bits per heavy atom. The van der Waals surface area contributed by atoms with Crippen LogP contribution in [-0.2, 0) is 11.3 Å². The van der Waals surface area contributed by atoms with Crippen LogP contribution in [0.4, 0.5) is 0 Å². The molecule has 6 heteroatoms. The number of nitrogens with zero attached hydrogens (tertiary/aromatic N) is 2. The van der Waals surface area contributed by atoms with E-state index in [2.05, 4.69) is 0 Å². The summed E-state index contributed by atoms with van der Waals surface area (Å²) in [4.78, 5) is 25.3. The first-order valence-electron chi connectivity index (χ1n) is 5.11. The predicted molar refractivity (Wildman–Crippen MR) is 60.7 cm³/mol. The van der Waals surface area contributed by atoms with E-state index in [-0.39, 0.29) is 18.2 Å². The van der Waals surface area contributed by atoms with Gasteiger partial charge in [0.2, 0.25) is 11.7 Å². The van der Waals surface area contributed by atoms with E-state index in [1.165, 1.54) is 11.0 Å². The smallest absolute Gasteiger partial charge is 0.371 e. The summed E-state index contributed by atoms with van der Waals surface area (Å²) in [7, 11) is 5.14. The molecule has 94 valence electrons. The van der Waals surface area contributed by atoms with E-state index in [9.17, 15) is 9.59 Å². The lowest BCUT2D eigenvalue weighted by Crippen LogP contribution is -2.33. The van der Waals surface area contributed by atoms with Crippen molar-refractivity contribution in [2.75, 3.05) is 27.7 Å². The molecule has 0 saturated heterocycles. The fourth-order valence-corrected chi connectivity index (χ4v) is 1.27. The van der Waals surface area contributed by atoms with Crippen LogP contribution < -0.4 is 0 Å². The van der Waals surface area contributed by atoms with Crippen LogP contribution in [0.2, 0.25) is 0 Å². The number of amides is 1. The summed E-state index contributed by atoms with van der Waals surface area (Å²) >= 11 is 0. The van der Waals surface area contributed by atoms with Crippen molar-refractivity contribution in [2.45, 2.75) is 6.54 Å². The molecule has 1 N–H and O–H groups in total. The predicted octanol–water partition coefficient (Wildman–Crippen LogP) is 0.498. The van der Waals surface area contributed by atoms with Crippen molar-refractivity contribution in [3.63, 3.8) is 0 Å². The number of likely N-dealkylation sites (N-methyl/N-ethyl adjacent to an activating group) is 2. The number of furan rings is 1. The van der Waals surface area contributed by atoms with Crippen molar-refractivity contribution < 1.29 is 19.1 Å². The third-order valence-electron chi connectivity index (χ3n) is 2.20. The molecule has 1 aromatic heterocycles. The molecule has 0 aliphatic heterocycles. The van der Waals surface area contributed by atoms with Gasteiger partial charge in [-0.15, -0.1) is 0 Å². The average Bonchev–Trinajstić information content (AvgIpc) is 2.65. The average molecular weight is 240 g/mol. The van der Waals surface area contributed by atoms with Gasteiger partial charge >= 0.3 is 5.97 Å². The van der Waals surface area contributed by atoms with Crippen molar-refractivity contribution >= 4 is 11.9 Å². The largest absolute Gasteiger partial charge is 0.475 e. The molecule has 0 aromatic carbocycles. The molecule has 0 radical (unpaired) electrons. The molecule has 0 spiro atoms. The van der Waals surface area contributed by atoms with Crippen LogP contribution in [0.15, 0.2) is 16.5 Å². The molecule has 0 fully saturated rings. The SMILES string of the molecule is CN(CC(=O)N(C)C)Cc1ccc(C(=O)O)o1. The second kappa shape index (κ2) is 5.49. The minimum absolute atomic E-state index is 0.0162. The molecular formula is C11H16N2O4. The molecule has 17 heavy (non-hydrogen) atoms. The Morgan fingerprint density at radius 1 is 1.29 bits per heavy atom. The first kappa shape index (κ1) is 13.2. The van der Waals surface area contributed by atoms with E-state index >= 15 is 0 Å². The van der Waals surface area contributed by atoms with Crippen LogP contribution in [-0.4, -0.2) is 54.5 Å². The van der Waals surface area contributed by atoms with Crippen LogP contribution in [0, 0.1) is 0 Å². The number of carboxylic acids is 1. The number of hydrogen-bond donors (Lipinski definition) is 1. The normalized spacial score (nSPS) is 10.6. The molecule has 0 saturated carbocycles. The molecule has 1 rings (SSSR count). The topological polar surface area (TPSA) is 74.0 Å². The summed E-state index contributed by atoms with van der Waals surface area (Å²) in [5.74, 6) is -0.676. The van der Waals surface area contributed by atoms with E-state index in [0.717, 1.165) is 0 Å². The zero-order valence-corrected chi connectivity index (χ0v) is 10.1. The van der Waals surface area contributed by atoms with Crippen LogP contribution in [0.3, 0.4) is 0 Å². The van der Waals surface area contributed by atoms with Crippen LogP contribution >= 0.6 is 0 Å². The number of hydrogen-bond acceptors (Lipinski definition) is 4. The summed E-state index contributed by atoms with van der Waals surface area (Å²) in [6.07, 6.45) is 0. The summed E-state index contributed by atoms with van der Waals surface area (Å²) in [6.45, 7) is 0.656. The van der Waals surface area contributed by atoms with Crippen molar-refractivity contribution in [1.82, 2.24) is 9.80 Å². The quantitative estimate of drug-likeness (QED) is 0.811. The van der Waals surface area contributed by atoms with Crippen molar-refractivity contribution in [3.05, 3.63) is 23.7 Å². The van der Waals surface area contributed by atoms with Gasteiger partial charge in [0.1, 0.15) is 5.76 Å². The molecule has 6 nitrogen and oxygen atoms in total. The molecule has 0 aliphatic rings. The number of carboxylic acid groups (broad SMARTS) is 1. The van der Waals surface area contributed by atoms with Gasteiger partial charge in [-0.1, -0.05) is 0 Å². The minimum atomic E-state index is -1.09. The Bertz CT molecular complexity index is 411. The monoisotopic (exact) mass is 240 g/mol. The van der Waals surface area contributed by atoms with E-state index in [0.29, 0.717) is 12.3 Å². The maximum absolute atomic E-state index is 11.4. The molecule has 0 bridgehead atoms. The van der Waals surface area contributed by atoms with Gasteiger partial charge in [0, 0.05) is 14.1 Å². The van der Waals surface area contributed by atoms with Crippen LogP contribution in [0.5, 0.6) is 0 Å². The number of rotatable bonds is 5. The Labute approximate surface area is 99.4 Å². The highest BCUT2D eigenvalue weighted by molar-refractivity contribution is 5.84. The van der Waals surface area contributed by atoms with Crippen LogP contribution in [0.1, 0.15) is 16.3 Å². The minimum Gasteiger partial charge on any atom is -0.475 e. The molecule has 0 unspecified atom stereocenters. The Morgan fingerprint density at radius 3 is 2.41 bits per heavy atom. The van der Waals surface area contributed by atoms with Gasteiger partial charge in [0.05, 0.1) is 13.1 Å². The molecule has 0 aliphatic carbocycles. The number of aromatic carboxylic acids is 1. The van der Waals surface area contributed by atoms with Gasteiger partial charge in [-0.05, 0) is 19.2 Å². The molecule has 1 aromatic rings. The molecule has 0 atom stereocenters. The number of carbonyl (C=O) groups is 2. The highest BCUT2D eigenvalue weighted by Gasteiger charge is 2.13. The molecule has 1 amide bonds. The summed E-state index contributed by atoms with van der Waals surface area (Å²) < 4.78 is 5.09. The second-order valence-corrected chi connectivity index (χ2v) is 4.03. The maximum atomic E-state index is 11.4. The van der Waals surface area contributed by atoms with E-state index in [1.807, 2.05) is 0 Å². The van der Waals surface area contributed by atoms with E-state index in [1.54, 1.807) is 32.1 Å². The first-order chi connectivity index (χ1) is 7.90. The van der Waals surface area contributed by atoms with Crippen molar-refractivity contribution in [2.24, 2.45) is 0 Å². The number of carbonyl (C=O) groups excluding carboxylic acids is 1. The first-order valence-corrected chi connectivity index (χ1v) is 5.11. The summed E-state index contributed by atoms with van der Waals surface area (Å²) in [5, 5.41) is 8.68. The third-order valence-corrected chi connectivity index (χ3v) is 2.20. The van der Waals surface area contributed by atoms with E-state index in [4.69, 9.17) is 9.52 Å². The molecule has 1 heterocycles. The third kappa shape index (κ3) is 3.92. The highest BCUT2D eigenvalue weighted by atomic mass is 16.4.